The van der Waals surface area contributed by atoms with E-state index in [9.17, 15) is 13.2 Å². The fraction of sp³-hybridized carbons (Fsp3) is 0.600. The molecule has 1 N–H and O–H groups in total. The topological polar surface area (TPSA) is 79.4 Å². The highest BCUT2D eigenvalue weighted by atomic mass is 32.2. The van der Waals surface area contributed by atoms with Crippen LogP contribution in [0.2, 0.25) is 0 Å². The average Bonchev–Trinajstić information content (AvgIpc) is 2.52. The molecule has 0 unspecified atom stereocenters. The van der Waals surface area contributed by atoms with Crippen LogP contribution in [0.15, 0.2) is 24.5 Å². The van der Waals surface area contributed by atoms with Gasteiger partial charge in [-0.3, -0.25) is 4.98 Å². The Morgan fingerprint density at radius 3 is 2.73 bits per heavy atom. The number of urea groups is 1. The van der Waals surface area contributed by atoms with E-state index in [4.69, 9.17) is 0 Å². The van der Waals surface area contributed by atoms with Crippen LogP contribution in [0.5, 0.6) is 0 Å². The number of nitrogens with zero attached hydrogens (tertiary/aromatic N) is 2. The Morgan fingerprint density at radius 2 is 2.14 bits per heavy atom. The molecular weight excluding hydrogens is 302 g/mol. The molecule has 0 spiro atoms. The number of hydrogen-bond acceptors (Lipinski definition) is 4. The first-order valence-corrected chi connectivity index (χ1v) is 9.50. The third-order valence-electron chi connectivity index (χ3n) is 3.86. The van der Waals surface area contributed by atoms with E-state index < -0.39 is 9.84 Å². The van der Waals surface area contributed by atoms with Gasteiger partial charge in [0.15, 0.2) is 9.84 Å². The lowest BCUT2D eigenvalue weighted by atomic mass is 10.0. The molecule has 2 heterocycles. The average molecular weight is 325 g/mol. The summed E-state index contributed by atoms with van der Waals surface area (Å²) in [4.78, 5) is 18.0. The first kappa shape index (κ1) is 16.7. The molecule has 1 saturated heterocycles. The SMILES string of the molecule is CCCC[C@H](NC(=O)N1CCS(=O)(=O)CC1)c1cccnc1. The van der Waals surface area contributed by atoms with Gasteiger partial charge in [-0.1, -0.05) is 25.8 Å². The highest BCUT2D eigenvalue weighted by Gasteiger charge is 2.26. The Kier molecular flexibility index (Phi) is 5.76. The van der Waals surface area contributed by atoms with Crippen LogP contribution in [-0.4, -0.2) is 48.9 Å². The normalized spacial score (nSPS) is 18.7. The van der Waals surface area contributed by atoms with Gasteiger partial charge in [0.1, 0.15) is 0 Å². The van der Waals surface area contributed by atoms with Crippen LogP contribution in [0.3, 0.4) is 0 Å². The number of aromatic nitrogens is 1. The molecule has 0 aliphatic carbocycles. The van der Waals surface area contributed by atoms with E-state index in [0.29, 0.717) is 0 Å². The molecule has 1 aliphatic rings. The fourth-order valence-electron chi connectivity index (χ4n) is 2.47. The van der Waals surface area contributed by atoms with E-state index in [0.717, 1.165) is 24.8 Å². The van der Waals surface area contributed by atoms with Gasteiger partial charge >= 0.3 is 6.03 Å². The number of amides is 2. The van der Waals surface area contributed by atoms with Crippen LogP contribution >= 0.6 is 0 Å². The van der Waals surface area contributed by atoms with Gasteiger partial charge in [0.25, 0.3) is 0 Å². The Hall–Kier alpha value is -1.63. The summed E-state index contributed by atoms with van der Waals surface area (Å²) in [6.45, 7) is 2.64. The van der Waals surface area contributed by atoms with Crippen LogP contribution in [0.1, 0.15) is 37.8 Å². The molecule has 1 fully saturated rings. The molecule has 1 atom stereocenters. The number of rotatable bonds is 5. The summed E-state index contributed by atoms with van der Waals surface area (Å²) in [5.41, 5.74) is 0.980. The van der Waals surface area contributed by atoms with Crippen LogP contribution in [0.25, 0.3) is 0 Å². The number of pyridine rings is 1. The van der Waals surface area contributed by atoms with Crippen molar-refractivity contribution >= 4 is 15.9 Å². The summed E-state index contributed by atoms with van der Waals surface area (Å²) in [7, 11) is -2.98. The number of nitrogens with one attached hydrogen (secondary N) is 1. The number of carbonyl (C=O) groups excluding carboxylic acids is 1. The second kappa shape index (κ2) is 7.58. The van der Waals surface area contributed by atoms with Crippen molar-refractivity contribution in [3.8, 4) is 0 Å². The molecule has 6 nitrogen and oxygen atoms in total. The van der Waals surface area contributed by atoms with Crippen molar-refractivity contribution in [1.82, 2.24) is 15.2 Å². The second-order valence-corrected chi connectivity index (χ2v) is 7.87. The quantitative estimate of drug-likeness (QED) is 0.894. The minimum atomic E-state index is -2.98. The van der Waals surface area contributed by atoms with Gasteiger partial charge in [-0.25, -0.2) is 13.2 Å². The minimum Gasteiger partial charge on any atom is -0.331 e. The van der Waals surface area contributed by atoms with E-state index in [2.05, 4.69) is 17.2 Å². The van der Waals surface area contributed by atoms with Gasteiger partial charge in [-0.05, 0) is 18.1 Å². The first-order valence-electron chi connectivity index (χ1n) is 7.67. The minimum absolute atomic E-state index is 0.0486. The Bertz CT molecular complexity index is 575. The van der Waals surface area contributed by atoms with E-state index in [1.807, 2.05) is 12.1 Å². The Labute approximate surface area is 131 Å². The maximum Gasteiger partial charge on any atom is 0.317 e. The third-order valence-corrected chi connectivity index (χ3v) is 5.47. The summed E-state index contributed by atoms with van der Waals surface area (Å²) < 4.78 is 22.9. The number of sulfone groups is 1. The van der Waals surface area contributed by atoms with Crippen LogP contribution in [0.4, 0.5) is 4.79 Å². The van der Waals surface area contributed by atoms with Crippen molar-refractivity contribution in [2.75, 3.05) is 24.6 Å². The molecule has 0 aromatic carbocycles. The number of carbonyl (C=O) groups is 1. The van der Waals surface area contributed by atoms with Crippen LogP contribution in [-0.2, 0) is 9.84 Å². The van der Waals surface area contributed by atoms with Gasteiger partial charge in [-0.15, -0.1) is 0 Å². The fourth-order valence-corrected chi connectivity index (χ4v) is 3.67. The molecule has 122 valence electrons. The van der Waals surface area contributed by atoms with Gasteiger partial charge < -0.3 is 10.2 Å². The number of hydrogen-bond donors (Lipinski definition) is 1. The maximum absolute atomic E-state index is 12.4. The monoisotopic (exact) mass is 325 g/mol. The van der Waals surface area contributed by atoms with Crippen molar-refractivity contribution in [3.05, 3.63) is 30.1 Å². The van der Waals surface area contributed by atoms with Crippen molar-refractivity contribution in [2.24, 2.45) is 0 Å². The van der Waals surface area contributed by atoms with Crippen LogP contribution < -0.4 is 5.32 Å². The second-order valence-electron chi connectivity index (χ2n) is 5.57. The zero-order valence-corrected chi connectivity index (χ0v) is 13.7. The number of unbranched alkanes of at least 4 members (excludes halogenated alkanes) is 1. The Balaban J connectivity index is 1.99. The van der Waals surface area contributed by atoms with Crippen molar-refractivity contribution in [1.29, 1.82) is 0 Å². The zero-order chi connectivity index (χ0) is 16.0. The zero-order valence-electron chi connectivity index (χ0n) is 12.9. The molecule has 1 aromatic rings. The molecule has 2 rings (SSSR count). The lowest BCUT2D eigenvalue weighted by Crippen LogP contribution is -2.49. The molecule has 0 bridgehead atoms. The van der Waals surface area contributed by atoms with E-state index in [-0.39, 0.29) is 36.7 Å². The summed E-state index contributed by atoms with van der Waals surface area (Å²) in [5.74, 6) is 0.0971. The Morgan fingerprint density at radius 1 is 1.41 bits per heavy atom. The lowest BCUT2D eigenvalue weighted by Gasteiger charge is -2.29. The first-order chi connectivity index (χ1) is 10.5. The van der Waals surface area contributed by atoms with E-state index in [1.54, 1.807) is 17.3 Å². The molecular formula is C15H23N3O3S. The standard InChI is InChI=1S/C15H23N3O3S/c1-2-3-6-14(13-5-4-7-16-12-13)17-15(19)18-8-10-22(20,21)11-9-18/h4-5,7,12,14H,2-3,6,8-11H2,1H3,(H,17,19)/t14-/m0/s1. The lowest BCUT2D eigenvalue weighted by molar-refractivity contribution is 0.197. The summed E-state index contributed by atoms with van der Waals surface area (Å²) in [5, 5.41) is 3.02. The maximum atomic E-state index is 12.4. The largest absolute Gasteiger partial charge is 0.331 e. The molecule has 0 radical (unpaired) electrons. The predicted molar refractivity (Wildman–Crippen MR) is 85.3 cm³/mol. The summed E-state index contributed by atoms with van der Waals surface area (Å²) in [6.07, 6.45) is 6.38. The van der Waals surface area contributed by atoms with Gasteiger partial charge in [0, 0.05) is 25.5 Å². The molecule has 1 aromatic heterocycles. The van der Waals surface area contributed by atoms with Crippen LogP contribution in [0, 0.1) is 0 Å². The van der Waals surface area contributed by atoms with Crippen molar-refractivity contribution in [2.45, 2.75) is 32.2 Å². The van der Waals surface area contributed by atoms with Gasteiger partial charge in [0.05, 0.1) is 17.5 Å². The van der Waals surface area contributed by atoms with Crippen molar-refractivity contribution in [3.63, 3.8) is 0 Å². The molecule has 0 saturated carbocycles. The third kappa shape index (κ3) is 4.69. The van der Waals surface area contributed by atoms with Gasteiger partial charge in [0.2, 0.25) is 0 Å². The van der Waals surface area contributed by atoms with Crippen molar-refractivity contribution < 1.29 is 13.2 Å². The predicted octanol–water partition coefficient (Wildman–Crippen LogP) is 1.75. The summed E-state index contributed by atoms with van der Waals surface area (Å²) in [6, 6.07) is 3.53. The molecule has 7 heteroatoms. The molecule has 1 aliphatic heterocycles. The summed E-state index contributed by atoms with van der Waals surface area (Å²) >= 11 is 0. The molecule has 2 amide bonds. The highest BCUT2D eigenvalue weighted by molar-refractivity contribution is 7.91. The van der Waals surface area contributed by atoms with Gasteiger partial charge in [-0.2, -0.15) is 0 Å². The molecule has 22 heavy (non-hydrogen) atoms. The smallest absolute Gasteiger partial charge is 0.317 e. The van der Waals surface area contributed by atoms with E-state index in [1.165, 1.54) is 0 Å². The van der Waals surface area contributed by atoms with E-state index >= 15 is 0 Å². The highest BCUT2D eigenvalue weighted by Crippen LogP contribution is 2.19.